The number of hydrogen-bond donors (Lipinski definition) is 2. The lowest BCUT2D eigenvalue weighted by molar-refractivity contribution is 0.177. The molecule has 0 aliphatic carbocycles. The highest BCUT2D eigenvalue weighted by Crippen LogP contribution is 2.29. The standard InChI is InChI=1S/C18H21NO4S/c1-13-5-7-14(8-6-13)10-19(15-3-2-4-16(20)9-15)17-11-24(22,23)12-18(17)21/h2-9,17-18,20-21H,10-12H2,1H3/t17-,18-/m0/s1. The van der Waals surface area contributed by atoms with Crippen molar-refractivity contribution in [2.24, 2.45) is 0 Å². The highest BCUT2D eigenvalue weighted by atomic mass is 32.2. The van der Waals surface area contributed by atoms with Gasteiger partial charge in [0.2, 0.25) is 0 Å². The second kappa shape index (κ2) is 6.45. The summed E-state index contributed by atoms with van der Waals surface area (Å²) < 4.78 is 23.8. The molecule has 1 aliphatic heterocycles. The number of anilines is 1. The fourth-order valence-electron chi connectivity index (χ4n) is 3.07. The molecule has 0 spiro atoms. The van der Waals surface area contributed by atoms with E-state index in [9.17, 15) is 18.6 Å². The van der Waals surface area contributed by atoms with Crippen molar-refractivity contribution < 1.29 is 18.6 Å². The van der Waals surface area contributed by atoms with Crippen LogP contribution in [0, 0.1) is 6.92 Å². The monoisotopic (exact) mass is 347 g/mol. The smallest absolute Gasteiger partial charge is 0.155 e. The van der Waals surface area contributed by atoms with Crippen molar-refractivity contribution in [1.29, 1.82) is 0 Å². The van der Waals surface area contributed by atoms with E-state index in [2.05, 4.69) is 0 Å². The number of aliphatic hydroxyl groups is 1. The molecule has 2 atom stereocenters. The van der Waals surface area contributed by atoms with Gasteiger partial charge in [-0.3, -0.25) is 0 Å². The molecule has 128 valence electrons. The van der Waals surface area contributed by atoms with E-state index in [0.29, 0.717) is 12.2 Å². The summed E-state index contributed by atoms with van der Waals surface area (Å²) in [4.78, 5) is 1.86. The van der Waals surface area contributed by atoms with E-state index in [1.165, 1.54) is 0 Å². The van der Waals surface area contributed by atoms with E-state index in [-0.39, 0.29) is 17.3 Å². The molecule has 2 aromatic carbocycles. The van der Waals surface area contributed by atoms with Crippen LogP contribution >= 0.6 is 0 Å². The number of aryl methyl sites for hydroxylation is 1. The van der Waals surface area contributed by atoms with Crippen LogP contribution in [0.3, 0.4) is 0 Å². The first kappa shape index (κ1) is 16.8. The number of rotatable bonds is 4. The third-order valence-electron chi connectivity index (χ3n) is 4.33. The summed E-state index contributed by atoms with van der Waals surface area (Å²) in [5.74, 6) is -0.201. The Morgan fingerprint density at radius 3 is 2.42 bits per heavy atom. The van der Waals surface area contributed by atoms with Crippen molar-refractivity contribution in [1.82, 2.24) is 0 Å². The van der Waals surface area contributed by atoms with Crippen LogP contribution in [0.5, 0.6) is 5.75 Å². The Hall–Kier alpha value is -2.05. The number of nitrogens with zero attached hydrogens (tertiary/aromatic N) is 1. The van der Waals surface area contributed by atoms with Crippen LogP contribution in [0.15, 0.2) is 48.5 Å². The molecule has 0 amide bonds. The molecule has 3 rings (SSSR count). The van der Waals surface area contributed by atoms with E-state index >= 15 is 0 Å². The van der Waals surface area contributed by atoms with Gasteiger partial charge in [-0.2, -0.15) is 0 Å². The Morgan fingerprint density at radius 1 is 1.12 bits per heavy atom. The Kier molecular flexibility index (Phi) is 4.51. The number of phenolic OH excluding ortho intramolecular Hbond substituents is 1. The van der Waals surface area contributed by atoms with Gasteiger partial charge in [0.1, 0.15) is 5.75 Å². The van der Waals surface area contributed by atoms with Crippen molar-refractivity contribution in [2.45, 2.75) is 25.6 Å². The van der Waals surface area contributed by atoms with Gasteiger partial charge in [-0.15, -0.1) is 0 Å². The Balaban J connectivity index is 1.96. The van der Waals surface area contributed by atoms with Gasteiger partial charge in [0, 0.05) is 18.3 Å². The Bertz CT molecular complexity index is 817. The molecular weight excluding hydrogens is 326 g/mol. The minimum absolute atomic E-state index is 0.0876. The summed E-state index contributed by atoms with van der Waals surface area (Å²) in [6.07, 6.45) is -0.942. The first-order valence-corrected chi connectivity index (χ1v) is 9.66. The molecule has 0 bridgehead atoms. The normalized spacial score (nSPS) is 22.4. The number of benzene rings is 2. The largest absolute Gasteiger partial charge is 0.508 e. The molecule has 5 nitrogen and oxygen atoms in total. The first-order chi connectivity index (χ1) is 11.3. The summed E-state index contributed by atoms with van der Waals surface area (Å²) in [6, 6.07) is 14.1. The van der Waals surface area contributed by atoms with Gasteiger partial charge in [0.15, 0.2) is 9.84 Å². The zero-order valence-electron chi connectivity index (χ0n) is 13.5. The van der Waals surface area contributed by atoms with Crippen LogP contribution in [0.2, 0.25) is 0 Å². The average molecular weight is 347 g/mol. The Morgan fingerprint density at radius 2 is 1.83 bits per heavy atom. The van der Waals surface area contributed by atoms with Gasteiger partial charge in [-0.05, 0) is 24.6 Å². The molecule has 1 aliphatic rings. The highest BCUT2D eigenvalue weighted by Gasteiger charge is 2.40. The second-order valence-corrected chi connectivity index (χ2v) is 8.50. The van der Waals surface area contributed by atoms with Gasteiger partial charge >= 0.3 is 0 Å². The van der Waals surface area contributed by atoms with E-state index in [4.69, 9.17) is 0 Å². The van der Waals surface area contributed by atoms with Gasteiger partial charge < -0.3 is 15.1 Å². The lowest BCUT2D eigenvalue weighted by Crippen LogP contribution is -2.42. The second-order valence-electron chi connectivity index (χ2n) is 6.34. The summed E-state index contributed by atoms with van der Waals surface area (Å²) in [5.41, 5.74) is 2.85. The fraction of sp³-hybridized carbons (Fsp3) is 0.333. The molecule has 0 radical (unpaired) electrons. The van der Waals surface area contributed by atoms with Crippen LogP contribution in [0.4, 0.5) is 5.69 Å². The topological polar surface area (TPSA) is 77.8 Å². The third-order valence-corrected chi connectivity index (χ3v) is 6.03. The van der Waals surface area contributed by atoms with Crippen LogP contribution in [0.25, 0.3) is 0 Å². The first-order valence-electron chi connectivity index (χ1n) is 7.84. The zero-order chi connectivity index (χ0) is 17.3. The summed E-state index contributed by atoms with van der Waals surface area (Å²) in [7, 11) is -3.26. The van der Waals surface area contributed by atoms with Crippen molar-refractivity contribution in [3.8, 4) is 5.75 Å². The molecule has 2 N–H and O–H groups in total. The summed E-state index contributed by atoms with van der Waals surface area (Å²) in [5, 5.41) is 20.0. The van der Waals surface area contributed by atoms with Gasteiger partial charge in [-0.25, -0.2) is 8.42 Å². The number of phenols is 1. The highest BCUT2D eigenvalue weighted by molar-refractivity contribution is 7.91. The van der Waals surface area contributed by atoms with Gasteiger partial charge in [-0.1, -0.05) is 35.9 Å². The van der Waals surface area contributed by atoms with E-state index < -0.39 is 22.0 Å². The van der Waals surface area contributed by atoms with E-state index in [0.717, 1.165) is 11.1 Å². The SMILES string of the molecule is Cc1ccc(CN(c2cccc(O)c2)[C@H]2CS(=O)(=O)C[C@@H]2O)cc1. The summed E-state index contributed by atoms with van der Waals surface area (Å²) in [6.45, 7) is 2.46. The van der Waals surface area contributed by atoms with Crippen LogP contribution < -0.4 is 4.90 Å². The molecule has 1 fully saturated rings. The van der Waals surface area contributed by atoms with Gasteiger partial charge in [0.25, 0.3) is 0 Å². The molecule has 0 saturated carbocycles. The predicted molar refractivity (Wildman–Crippen MR) is 93.9 cm³/mol. The summed E-state index contributed by atoms with van der Waals surface area (Å²) >= 11 is 0. The molecule has 0 unspecified atom stereocenters. The maximum atomic E-state index is 11.9. The molecule has 1 heterocycles. The number of aromatic hydroxyl groups is 1. The van der Waals surface area contributed by atoms with E-state index in [1.807, 2.05) is 42.2 Å². The molecule has 6 heteroatoms. The van der Waals surface area contributed by atoms with Crippen LogP contribution in [-0.4, -0.2) is 42.3 Å². The molecular formula is C18H21NO4S. The molecule has 24 heavy (non-hydrogen) atoms. The van der Waals surface area contributed by atoms with Crippen molar-refractivity contribution >= 4 is 15.5 Å². The fourth-order valence-corrected chi connectivity index (χ4v) is 4.87. The predicted octanol–water partition coefficient (Wildman–Crippen LogP) is 1.87. The lowest BCUT2D eigenvalue weighted by atomic mass is 10.1. The number of hydrogen-bond acceptors (Lipinski definition) is 5. The van der Waals surface area contributed by atoms with Crippen molar-refractivity contribution in [3.05, 3.63) is 59.7 Å². The minimum atomic E-state index is -3.26. The quantitative estimate of drug-likeness (QED) is 0.883. The zero-order valence-corrected chi connectivity index (χ0v) is 14.3. The van der Waals surface area contributed by atoms with Crippen LogP contribution in [0.1, 0.15) is 11.1 Å². The van der Waals surface area contributed by atoms with Crippen molar-refractivity contribution in [3.63, 3.8) is 0 Å². The minimum Gasteiger partial charge on any atom is -0.508 e. The average Bonchev–Trinajstić information content (AvgIpc) is 2.79. The molecule has 1 saturated heterocycles. The number of aliphatic hydroxyl groups excluding tert-OH is 1. The number of sulfone groups is 1. The van der Waals surface area contributed by atoms with Crippen LogP contribution in [-0.2, 0) is 16.4 Å². The van der Waals surface area contributed by atoms with Gasteiger partial charge in [0.05, 0.1) is 23.7 Å². The van der Waals surface area contributed by atoms with Crippen molar-refractivity contribution in [2.75, 3.05) is 16.4 Å². The maximum Gasteiger partial charge on any atom is 0.155 e. The maximum absolute atomic E-state index is 11.9. The third kappa shape index (κ3) is 3.71. The molecule has 0 aromatic heterocycles. The lowest BCUT2D eigenvalue weighted by Gasteiger charge is -2.32. The van der Waals surface area contributed by atoms with E-state index in [1.54, 1.807) is 18.2 Å². The Labute approximate surface area is 142 Å². The molecule has 2 aromatic rings.